The normalized spacial score (nSPS) is 17.8. The van der Waals surface area contributed by atoms with Crippen molar-refractivity contribution in [1.82, 2.24) is 14.9 Å². The number of benzene rings is 1. The summed E-state index contributed by atoms with van der Waals surface area (Å²) in [5.74, 6) is -0.0400. The summed E-state index contributed by atoms with van der Waals surface area (Å²) >= 11 is 7.19. The fourth-order valence-electron chi connectivity index (χ4n) is 3.47. The van der Waals surface area contributed by atoms with Crippen LogP contribution in [0, 0.1) is 0 Å². The third-order valence-electron chi connectivity index (χ3n) is 4.79. The van der Waals surface area contributed by atoms with E-state index in [1.165, 1.54) is 11.8 Å². The van der Waals surface area contributed by atoms with E-state index in [0.717, 1.165) is 30.0 Å². The van der Waals surface area contributed by atoms with Gasteiger partial charge in [-0.1, -0.05) is 29.4 Å². The summed E-state index contributed by atoms with van der Waals surface area (Å²) in [6.45, 7) is 1.05. The summed E-state index contributed by atoms with van der Waals surface area (Å²) in [5.41, 5.74) is 1.26. The highest BCUT2D eigenvalue weighted by Crippen LogP contribution is 2.40. The second kappa shape index (κ2) is 6.95. The second-order valence-corrected chi connectivity index (χ2v) is 7.90. The lowest BCUT2D eigenvalue weighted by atomic mass is 10.1. The lowest BCUT2D eigenvalue weighted by Crippen LogP contribution is -2.18. The number of halogens is 1. The minimum Gasteiger partial charge on any atom is -0.506 e. The molecule has 4 rings (SSSR count). The topological polar surface area (TPSA) is 69.2 Å². The van der Waals surface area contributed by atoms with Crippen LogP contribution in [0.5, 0.6) is 5.75 Å². The molecule has 134 valence electrons. The van der Waals surface area contributed by atoms with Crippen LogP contribution in [0.4, 0.5) is 0 Å². The van der Waals surface area contributed by atoms with Crippen LogP contribution < -0.4 is 5.56 Å². The number of likely N-dealkylation sites (tertiary alicyclic amines) is 1. The Bertz CT molecular complexity index is 1040. The van der Waals surface area contributed by atoms with Crippen molar-refractivity contribution in [1.29, 1.82) is 0 Å². The third-order valence-corrected chi connectivity index (χ3v) is 6.14. The molecule has 1 saturated heterocycles. The lowest BCUT2D eigenvalue weighted by Gasteiger charge is -2.21. The zero-order chi connectivity index (χ0) is 18.3. The maximum absolute atomic E-state index is 12.5. The van der Waals surface area contributed by atoms with E-state index in [9.17, 15) is 9.90 Å². The molecule has 3 heterocycles. The van der Waals surface area contributed by atoms with Crippen LogP contribution in [0.15, 0.2) is 51.2 Å². The Labute approximate surface area is 160 Å². The van der Waals surface area contributed by atoms with Crippen molar-refractivity contribution in [2.45, 2.75) is 28.8 Å². The van der Waals surface area contributed by atoms with Crippen LogP contribution in [0.3, 0.4) is 0 Å². The Balaban J connectivity index is 1.79. The van der Waals surface area contributed by atoms with Gasteiger partial charge in [0, 0.05) is 28.2 Å². The van der Waals surface area contributed by atoms with Crippen LogP contribution >= 0.6 is 23.4 Å². The number of nitrogens with one attached hydrogen (secondary N) is 1. The average Bonchev–Trinajstić information content (AvgIpc) is 3.04. The van der Waals surface area contributed by atoms with Gasteiger partial charge < -0.3 is 10.1 Å². The number of aromatic hydroxyl groups is 1. The van der Waals surface area contributed by atoms with Crippen molar-refractivity contribution in [2.24, 2.45) is 0 Å². The van der Waals surface area contributed by atoms with Gasteiger partial charge in [0.1, 0.15) is 15.7 Å². The monoisotopic (exact) mass is 387 g/mol. The highest BCUT2D eigenvalue weighted by atomic mass is 35.5. The Morgan fingerprint density at radius 3 is 3.00 bits per heavy atom. The van der Waals surface area contributed by atoms with Crippen LogP contribution in [-0.4, -0.2) is 33.6 Å². The molecule has 1 aromatic carbocycles. The third kappa shape index (κ3) is 3.09. The van der Waals surface area contributed by atoms with E-state index in [-0.39, 0.29) is 22.2 Å². The number of hydrogen-bond acceptors (Lipinski definition) is 5. The van der Waals surface area contributed by atoms with Gasteiger partial charge in [-0.2, -0.15) is 0 Å². The Morgan fingerprint density at radius 2 is 2.23 bits per heavy atom. The number of nitrogens with zero attached hydrogens (tertiary/aromatic N) is 2. The summed E-state index contributed by atoms with van der Waals surface area (Å²) in [6.07, 6.45) is 3.92. The summed E-state index contributed by atoms with van der Waals surface area (Å²) < 4.78 is 0. The number of pyridine rings is 2. The van der Waals surface area contributed by atoms with Crippen molar-refractivity contribution in [3.8, 4) is 5.75 Å². The van der Waals surface area contributed by atoms with Gasteiger partial charge in [-0.15, -0.1) is 0 Å². The van der Waals surface area contributed by atoms with Crippen molar-refractivity contribution >= 4 is 34.3 Å². The number of fused-ring (bicyclic) bond motifs is 1. The predicted octanol–water partition coefficient (Wildman–Crippen LogP) is 4.20. The highest BCUT2D eigenvalue weighted by molar-refractivity contribution is 7.99. The molecule has 1 fully saturated rings. The van der Waals surface area contributed by atoms with Gasteiger partial charge in [0.05, 0.1) is 5.52 Å². The molecule has 7 heteroatoms. The van der Waals surface area contributed by atoms with E-state index in [0.29, 0.717) is 15.9 Å². The molecule has 5 nitrogen and oxygen atoms in total. The molecule has 0 bridgehead atoms. The van der Waals surface area contributed by atoms with E-state index < -0.39 is 0 Å². The van der Waals surface area contributed by atoms with Crippen LogP contribution in [0.2, 0.25) is 5.02 Å². The van der Waals surface area contributed by atoms with Crippen molar-refractivity contribution < 1.29 is 5.11 Å². The minimum absolute atomic E-state index is 0.0400. The molecular weight excluding hydrogens is 370 g/mol. The molecule has 1 aliphatic rings. The van der Waals surface area contributed by atoms with E-state index in [1.54, 1.807) is 24.4 Å². The van der Waals surface area contributed by atoms with Gasteiger partial charge in [-0.25, -0.2) is 4.98 Å². The standard InChI is InChI=1S/C19H18ClN3O2S/c1-23-9-3-5-15(23)13-4-2-8-21-19(13)26-17-16(24)12-7-6-11(20)10-14(12)22-18(17)25/h2,4,6-8,10,15H,3,5,9H2,1H3,(H2,22,24,25). The van der Waals surface area contributed by atoms with Gasteiger partial charge in [0.2, 0.25) is 0 Å². The first kappa shape index (κ1) is 17.4. The molecule has 0 saturated carbocycles. The first-order chi connectivity index (χ1) is 12.5. The molecule has 3 aromatic rings. The molecule has 1 atom stereocenters. The SMILES string of the molecule is CN1CCCC1c1cccnc1Sc1c(O)c2ccc(Cl)cc2[nH]c1=O. The van der Waals surface area contributed by atoms with Gasteiger partial charge >= 0.3 is 0 Å². The second-order valence-electron chi connectivity index (χ2n) is 6.46. The predicted molar refractivity (Wildman–Crippen MR) is 104 cm³/mol. The average molecular weight is 388 g/mol. The Kier molecular flexibility index (Phi) is 4.65. The fourth-order valence-corrected chi connectivity index (χ4v) is 4.62. The van der Waals surface area contributed by atoms with Crippen molar-refractivity contribution in [2.75, 3.05) is 13.6 Å². The molecule has 1 unspecified atom stereocenters. The van der Waals surface area contributed by atoms with Gasteiger partial charge in [-0.05, 0) is 50.7 Å². The summed E-state index contributed by atoms with van der Waals surface area (Å²) in [5, 5.41) is 12.5. The van der Waals surface area contributed by atoms with E-state index in [2.05, 4.69) is 21.9 Å². The molecule has 1 aliphatic heterocycles. The van der Waals surface area contributed by atoms with E-state index >= 15 is 0 Å². The molecule has 2 aromatic heterocycles. The van der Waals surface area contributed by atoms with Crippen molar-refractivity contribution in [3.05, 3.63) is 57.5 Å². The van der Waals surface area contributed by atoms with Crippen LogP contribution in [0.1, 0.15) is 24.4 Å². The number of aromatic amines is 1. The van der Waals surface area contributed by atoms with Crippen LogP contribution in [-0.2, 0) is 0 Å². The first-order valence-corrected chi connectivity index (χ1v) is 9.61. The molecule has 26 heavy (non-hydrogen) atoms. The quantitative estimate of drug-likeness (QED) is 0.704. The number of aromatic nitrogens is 2. The van der Waals surface area contributed by atoms with Gasteiger partial charge in [-0.3, -0.25) is 9.69 Å². The molecular formula is C19H18ClN3O2S. The molecule has 0 spiro atoms. The first-order valence-electron chi connectivity index (χ1n) is 8.42. The molecule has 0 amide bonds. The zero-order valence-electron chi connectivity index (χ0n) is 14.2. The lowest BCUT2D eigenvalue weighted by molar-refractivity contribution is 0.313. The zero-order valence-corrected chi connectivity index (χ0v) is 15.8. The molecule has 0 radical (unpaired) electrons. The summed E-state index contributed by atoms with van der Waals surface area (Å²) in [4.78, 5) is 22.4. The van der Waals surface area contributed by atoms with Gasteiger partial charge in [0.25, 0.3) is 5.56 Å². The van der Waals surface area contributed by atoms with Crippen molar-refractivity contribution in [3.63, 3.8) is 0 Å². The summed E-state index contributed by atoms with van der Waals surface area (Å²) in [7, 11) is 2.10. The van der Waals surface area contributed by atoms with E-state index in [4.69, 9.17) is 11.6 Å². The Morgan fingerprint density at radius 1 is 1.38 bits per heavy atom. The maximum Gasteiger partial charge on any atom is 0.266 e. The van der Waals surface area contributed by atoms with E-state index in [1.807, 2.05) is 12.1 Å². The number of rotatable bonds is 3. The van der Waals surface area contributed by atoms with Crippen LogP contribution in [0.25, 0.3) is 10.9 Å². The number of H-pyrrole nitrogens is 1. The fraction of sp³-hybridized carbons (Fsp3) is 0.263. The summed E-state index contributed by atoms with van der Waals surface area (Å²) in [6, 6.07) is 9.28. The highest BCUT2D eigenvalue weighted by Gasteiger charge is 2.26. The minimum atomic E-state index is -0.348. The molecule has 0 aliphatic carbocycles. The largest absolute Gasteiger partial charge is 0.506 e. The number of hydrogen-bond donors (Lipinski definition) is 2. The smallest absolute Gasteiger partial charge is 0.266 e. The maximum atomic E-state index is 12.5. The Hall–Kier alpha value is -2.02. The molecule has 2 N–H and O–H groups in total. The van der Waals surface area contributed by atoms with Gasteiger partial charge in [0.15, 0.2) is 0 Å².